The van der Waals surface area contributed by atoms with E-state index in [1.165, 1.54) is 24.8 Å². The highest BCUT2D eigenvalue weighted by molar-refractivity contribution is 7.80. The summed E-state index contributed by atoms with van der Waals surface area (Å²) in [5.41, 5.74) is 1.21. The lowest BCUT2D eigenvalue weighted by Crippen LogP contribution is -2.43. The zero-order valence-electron chi connectivity index (χ0n) is 20.9. The minimum atomic E-state index is -0.0321. The zero-order chi connectivity index (χ0) is 26.2. The topological polar surface area (TPSA) is 68.3 Å². The summed E-state index contributed by atoms with van der Waals surface area (Å²) in [7, 11) is 0. The molecular weight excluding hydrogens is 516 g/mol. The number of aromatic nitrogens is 2. The van der Waals surface area contributed by atoms with Crippen molar-refractivity contribution in [3.8, 4) is 23.3 Å². The second kappa shape index (κ2) is 12.2. The van der Waals surface area contributed by atoms with Gasteiger partial charge in [-0.3, -0.25) is 0 Å². The van der Waals surface area contributed by atoms with Crippen LogP contribution in [-0.2, 0) is 5.41 Å². The van der Waals surface area contributed by atoms with Gasteiger partial charge in [0.15, 0.2) is 5.11 Å². The maximum Gasteiger partial charge on any atom is 0.235 e. The van der Waals surface area contributed by atoms with Crippen LogP contribution in [0.5, 0.6) is 23.3 Å². The first-order chi connectivity index (χ1) is 18.6. The van der Waals surface area contributed by atoms with Gasteiger partial charge in [0.05, 0.1) is 6.07 Å². The minimum absolute atomic E-state index is 0.0321. The Balaban J connectivity index is 1.33. The fourth-order valence-corrected chi connectivity index (χ4v) is 5.15. The van der Waals surface area contributed by atoms with E-state index in [4.69, 9.17) is 33.3 Å². The molecule has 0 saturated heterocycles. The standard InChI is InChI=1S/C30H29ClN4O2S/c31-23-12-10-11-22(19-23)30(17-8-3-9-18-30)21-32-29(38)35-28-33-26(36-24-13-4-1-5-14-24)20-27(34-28)37-25-15-6-2-7-16-25/h1-2,4-7,10-16,19-20H,3,8-9,17-18,21H2,(H2,32,33,34,35,38). The van der Waals surface area contributed by atoms with Gasteiger partial charge < -0.3 is 20.1 Å². The molecule has 38 heavy (non-hydrogen) atoms. The van der Waals surface area contributed by atoms with Gasteiger partial charge in [-0.05, 0) is 67.0 Å². The third-order valence-electron chi connectivity index (χ3n) is 6.67. The van der Waals surface area contributed by atoms with Crippen LogP contribution in [0.2, 0.25) is 5.02 Å². The molecule has 0 bridgehead atoms. The van der Waals surface area contributed by atoms with Gasteiger partial charge in [0.25, 0.3) is 0 Å². The molecule has 1 aliphatic carbocycles. The van der Waals surface area contributed by atoms with Gasteiger partial charge >= 0.3 is 0 Å². The number of hydrogen-bond acceptors (Lipinski definition) is 5. The first-order valence-corrected chi connectivity index (χ1v) is 13.5. The Labute approximate surface area is 233 Å². The maximum absolute atomic E-state index is 6.34. The van der Waals surface area contributed by atoms with Gasteiger partial charge in [-0.25, -0.2) is 0 Å². The third-order valence-corrected chi connectivity index (χ3v) is 7.15. The normalized spacial score (nSPS) is 14.3. The van der Waals surface area contributed by atoms with Crippen LogP contribution in [0.25, 0.3) is 0 Å². The van der Waals surface area contributed by atoms with Crippen LogP contribution in [0.1, 0.15) is 37.7 Å². The summed E-state index contributed by atoms with van der Waals surface area (Å²) >= 11 is 12.0. The smallest absolute Gasteiger partial charge is 0.235 e. The van der Waals surface area contributed by atoms with Crippen molar-refractivity contribution in [1.29, 1.82) is 0 Å². The zero-order valence-corrected chi connectivity index (χ0v) is 22.5. The number of nitrogens with one attached hydrogen (secondary N) is 2. The highest BCUT2D eigenvalue weighted by Crippen LogP contribution is 2.39. The van der Waals surface area contributed by atoms with E-state index in [-0.39, 0.29) is 11.4 Å². The summed E-state index contributed by atoms with van der Waals surface area (Å²) in [6.45, 7) is 0.687. The number of nitrogens with zero attached hydrogens (tertiary/aromatic N) is 2. The molecule has 2 N–H and O–H groups in total. The summed E-state index contributed by atoms with van der Waals surface area (Å²) in [5.74, 6) is 2.27. The van der Waals surface area contributed by atoms with Crippen LogP contribution in [-0.4, -0.2) is 21.6 Å². The second-order valence-corrected chi connectivity index (χ2v) is 10.2. The Kier molecular flexibility index (Phi) is 8.36. The molecule has 8 heteroatoms. The average molecular weight is 545 g/mol. The summed E-state index contributed by atoms with van der Waals surface area (Å²) < 4.78 is 11.9. The van der Waals surface area contributed by atoms with Crippen molar-refractivity contribution in [2.24, 2.45) is 0 Å². The lowest BCUT2D eigenvalue weighted by molar-refractivity contribution is 0.292. The highest BCUT2D eigenvalue weighted by Gasteiger charge is 2.34. The molecule has 3 aromatic carbocycles. The molecule has 0 spiro atoms. The Morgan fingerprint density at radius 3 is 1.97 bits per heavy atom. The second-order valence-electron chi connectivity index (χ2n) is 9.36. The number of thiocarbonyl (C=S) groups is 1. The molecule has 0 aliphatic heterocycles. The first-order valence-electron chi connectivity index (χ1n) is 12.7. The van der Waals surface area contributed by atoms with Crippen LogP contribution in [0.3, 0.4) is 0 Å². The molecule has 194 valence electrons. The molecule has 1 heterocycles. The quantitative estimate of drug-likeness (QED) is 0.218. The highest BCUT2D eigenvalue weighted by atomic mass is 35.5. The van der Waals surface area contributed by atoms with Gasteiger partial charge in [-0.2, -0.15) is 9.97 Å². The molecule has 1 aromatic heterocycles. The lowest BCUT2D eigenvalue weighted by atomic mass is 9.69. The Morgan fingerprint density at radius 2 is 1.39 bits per heavy atom. The summed E-state index contributed by atoms with van der Waals surface area (Å²) in [6.07, 6.45) is 5.76. The Bertz CT molecular complexity index is 1310. The number of halogens is 1. The van der Waals surface area contributed by atoms with Gasteiger partial charge in [0, 0.05) is 17.0 Å². The van der Waals surface area contributed by atoms with Gasteiger partial charge in [-0.15, -0.1) is 0 Å². The molecule has 1 saturated carbocycles. The van der Waals surface area contributed by atoms with E-state index in [0.717, 1.165) is 17.9 Å². The summed E-state index contributed by atoms with van der Waals surface area (Å²) in [6, 6.07) is 28.7. The molecule has 0 unspecified atom stereocenters. The van der Waals surface area contributed by atoms with E-state index >= 15 is 0 Å². The lowest BCUT2D eigenvalue weighted by Gasteiger charge is -2.38. The van der Waals surface area contributed by atoms with E-state index in [1.807, 2.05) is 72.8 Å². The number of benzene rings is 3. The van der Waals surface area contributed by atoms with E-state index < -0.39 is 0 Å². The molecule has 1 fully saturated rings. The van der Waals surface area contributed by atoms with Crippen LogP contribution in [0, 0.1) is 0 Å². The first kappa shape index (κ1) is 25.9. The molecule has 0 atom stereocenters. The molecule has 0 radical (unpaired) electrons. The van der Waals surface area contributed by atoms with Crippen LogP contribution in [0.4, 0.5) is 5.95 Å². The van der Waals surface area contributed by atoms with Crippen molar-refractivity contribution in [2.45, 2.75) is 37.5 Å². The Hall–Kier alpha value is -3.68. The summed E-state index contributed by atoms with van der Waals surface area (Å²) in [4.78, 5) is 9.05. The van der Waals surface area contributed by atoms with Crippen LogP contribution < -0.4 is 20.1 Å². The summed E-state index contributed by atoms with van der Waals surface area (Å²) in [5, 5.41) is 7.72. The molecule has 4 aromatic rings. The number of hydrogen-bond donors (Lipinski definition) is 2. The van der Waals surface area contributed by atoms with Crippen molar-refractivity contribution in [2.75, 3.05) is 11.9 Å². The van der Waals surface area contributed by atoms with E-state index in [0.29, 0.717) is 34.9 Å². The van der Waals surface area contributed by atoms with Crippen molar-refractivity contribution < 1.29 is 9.47 Å². The van der Waals surface area contributed by atoms with Crippen molar-refractivity contribution >= 4 is 34.9 Å². The van der Waals surface area contributed by atoms with E-state index in [1.54, 1.807) is 6.07 Å². The number of para-hydroxylation sites is 2. The van der Waals surface area contributed by atoms with Gasteiger partial charge in [0.2, 0.25) is 17.7 Å². The van der Waals surface area contributed by atoms with E-state index in [9.17, 15) is 0 Å². The fraction of sp³-hybridized carbons (Fsp3) is 0.233. The predicted octanol–water partition coefficient (Wildman–Crippen LogP) is 7.90. The van der Waals surface area contributed by atoms with Crippen molar-refractivity contribution in [3.63, 3.8) is 0 Å². The number of ether oxygens (including phenoxy) is 2. The van der Waals surface area contributed by atoms with Crippen molar-refractivity contribution in [3.05, 3.63) is 102 Å². The van der Waals surface area contributed by atoms with Crippen molar-refractivity contribution in [1.82, 2.24) is 15.3 Å². The number of rotatable bonds is 8. The van der Waals surface area contributed by atoms with Crippen LogP contribution >= 0.6 is 23.8 Å². The molecule has 0 amide bonds. The Morgan fingerprint density at radius 1 is 0.789 bits per heavy atom. The van der Waals surface area contributed by atoms with Gasteiger partial charge in [-0.1, -0.05) is 79.4 Å². The molecule has 5 rings (SSSR count). The maximum atomic E-state index is 6.34. The number of anilines is 1. The third kappa shape index (κ3) is 6.79. The fourth-order valence-electron chi connectivity index (χ4n) is 4.79. The predicted molar refractivity (Wildman–Crippen MR) is 156 cm³/mol. The monoisotopic (exact) mass is 544 g/mol. The SMILES string of the molecule is S=C(NCC1(c2cccc(Cl)c2)CCCCC1)Nc1nc(Oc2ccccc2)cc(Oc2ccccc2)n1. The van der Waals surface area contributed by atoms with Crippen LogP contribution in [0.15, 0.2) is 91.0 Å². The molecular formula is C30H29ClN4O2S. The van der Waals surface area contributed by atoms with Gasteiger partial charge in [0.1, 0.15) is 11.5 Å². The average Bonchev–Trinajstić information content (AvgIpc) is 2.93. The molecule has 1 aliphatic rings. The largest absolute Gasteiger partial charge is 0.439 e. The minimum Gasteiger partial charge on any atom is -0.439 e. The molecule has 6 nitrogen and oxygen atoms in total. The van der Waals surface area contributed by atoms with E-state index in [2.05, 4.69) is 32.7 Å².